The maximum absolute atomic E-state index is 12.5. The molecule has 0 saturated heterocycles. The van der Waals surface area contributed by atoms with E-state index in [-0.39, 0.29) is 30.0 Å². The number of amides is 3. The molecule has 1 unspecified atom stereocenters. The molecule has 8 nitrogen and oxygen atoms in total. The minimum atomic E-state index is -0.345. The molecule has 0 bridgehead atoms. The van der Waals surface area contributed by atoms with E-state index < -0.39 is 0 Å². The summed E-state index contributed by atoms with van der Waals surface area (Å²) >= 11 is 9.54. The lowest BCUT2D eigenvalue weighted by Crippen LogP contribution is -2.34. The van der Waals surface area contributed by atoms with E-state index in [0.29, 0.717) is 40.9 Å². The van der Waals surface area contributed by atoms with E-state index in [2.05, 4.69) is 36.9 Å². The second-order valence-electron chi connectivity index (χ2n) is 8.34. The Morgan fingerprint density at radius 1 is 1.21 bits per heavy atom. The van der Waals surface area contributed by atoms with Gasteiger partial charge in [0.15, 0.2) is 0 Å². The van der Waals surface area contributed by atoms with Gasteiger partial charge in [-0.3, -0.25) is 4.79 Å². The third-order valence-electron chi connectivity index (χ3n) is 6.13. The number of halogens is 2. The molecule has 2 aliphatic heterocycles. The first-order valence-corrected chi connectivity index (χ1v) is 11.9. The summed E-state index contributed by atoms with van der Waals surface area (Å²) in [5, 5.41) is 8.99. The zero-order valence-electron chi connectivity index (χ0n) is 17.6. The second-order valence-corrected chi connectivity index (χ2v) is 9.67. The van der Waals surface area contributed by atoms with Gasteiger partial charge in [-0.1, -0.05) is 27.5 Å². The number of fused-ring (bicyclic) bond motifs is 4. The van der Waals surface area contributed by atoms with Gasteiger partial charge in [-0.15, -0.1) is 0 Å². The Balaban J connectivity index is 1.15. The quantitative estimate of drug-likeness (QED) is 0.420. The molecule has 0 spiro atoms. The summed E-state index contributed by atoms with van der Waals surface area (Å²) in [6.07, 6.45) is 2.48. The maximum Gasteiger partial charge on any atom is 0.319 e. The van der Waals surface area contributed by atoms with E-state index in [9.17, 15) is 9.59 Å². The van der Waals surface area contributed by atoms with Gasteiger partial charge in [0, 0.05) is 28.2 Å². The van der Waals surface area contributed by atoms with Crippen LogP contribution in [0, 0.1) is 0 Å². The molecule has 3 heterocycles. The molecule has 1 saturated carbocycles. The predicted molar refractivity (Wildman–Crippen MR) is 130 cm³/mol. The molecule has 6 rings (SSSR count). The molecule has 34 heavy (non-hydrogen) atoms. The fourth-order valence-electron chi connectivity index (χ4n) is 4.46. The SMILES string of the molecule is O=C1CCc2c(Oc3ccc4c(c3)[C@H]3C(NC(=O)Nc5cc(Br)ccc5Cl)[C@H]3O4)ccnc2N1. The van der Waals surface area contributed by atoms with Crippen molar-refractivity contribution in [2.75, 3.05) is 10.6 Å². The number of urea groups is 1. The molecule has 0 radical (unpaired) electrons. The molecule has 1 aliphatic carbocycles. The number of hydrogen-bond donors (Lipinski definition) is 3. The van der Waals surface area contributed by atoms with Gasteiger partial charge in [0.25, 0.3) is 0 Å². The summed E-state index contributed by atoms with van der Waals surface area (Å²) in [6, 6.07) is 12.2. The zero-order valence-corrected chi connectivity index (χ0v) is 19.9. The summed E-state index contributed by atoms with van der Waals surface area (Å²) < 4.78 is 13.0. The monoisotopic (exact) mass is 540 g/mol. The van der Waals surface area contributed by atoms with Crippen LogP contribution in [0.4, 0.5) is 16.3 Å². The minimum Gasteiger partial charge on any atom is -0.487 e. The minimum absolute atomic E-state index is 0.0450. The largest absolute Gasteiger partial charge is 0.487 e. The molecule has 10 heteroatoms. The van der Waals surface area contributed by atoms with E-state index in [1.54, 1.807) is 30.5 Å². The van der Waals surface area contributed by atoms with Gasteiger partial charge < -0.3 is 25.4 Å². The first-order chi connectivity index (χ1) is 16.5. The molecule has 3 atom stereocenters. The van der Waals surface area contributed by atoms with Crippen molar-refractivity contribution in [3.8, 4) is 17.2 Å². The normalized spacial score (nSPS) is 21.4. The molecule has 2 aromatic carbocycles. The van der Waals surface area contributed by atoms with Gasteiger partial charge in [-0.05, 0) is 48.9 Å². The van der Waals surface area contributed by atoms with Crippen molar-refractivity contribution in [3.63, 3.8) is 0 Å². The average Bonchev–Trinajstić information content (AvgIpc) is 3.32. The Bertz CT molecular complexity index is 1350. The van der Waals surface area contributed by atoms with Crippen LogP contribution in [0.1, 0.15) is 23.5 Å². The topological polar surface area (TPSA) is 102 Å². The van der Waals surface area contributed by atoms with Crippen molar-refractivity contribution in [2.45, 2.75) is 30.9 Å². The van der Waals surface area contributed by atoms with Crippen molar-refractivity contribution in [2.24, 2.45) is 0 Å². The number of rotatable bonds is 4. The fraction of sp³-hybridized carbons (Fsp3) is 0.208. The van der Waals surface area contributed by atoms with Crippen LogP contribution in [0.2, 0.25) is 5.02 Å². The summed E-state index contributed by atoms with van der Waals surface area (Å²) in [6.45, 7) is 0. The Morgan fingerprint density at radius 2 is 2.09 bits per heavy atom. The van der Waals surface area contributed by atoms with Crippen molar-refractivity contribution in [1.29, 1.82) is 0 Å². The van der Waals surface area contributed by atoms with Gasteiger partial charge in [-0.2, -0.15) is 0 Å². The smallest absolute Gasteiger partial charge is 0.319 e. The van der Waals surface area contributed by atoms with Gasteiger partial charge in [0.05, 0.1) is 22.7 Å². The molecule has 3 aliphatic rings. The van der Waals surface area contributed by atoms with E-state index in [0.717, 1.165) is 21.3 Å². The number of hydrogen-bond acceptors (Lipinski definition) is 5. The maximum atomic E-state index is 12.5. The van der Waals surface area contributed by atoms with E-state index in [4.69, 9.17) is 21.1 Å². The number of ether oxygens (including phenoxy) is 2. The van der Waals surface area contributed by atoms with E-state index in [1.165, 1.54) is 0 Å². The van der Waals surface area contributed by atoms with Crippen LogP contribution in [-0.4, -0.2) is 29.1 Å². The number of carbonyl (C=O) groups excluding carboxylic acids is 2. The average molecular weight is 542 g/mol. The van der Waals surface area contributed by atoms with Gasteiger partial charge in [0.1, 0.15) is 29.2 Å². The fourth-order valence-corrected chi connectivity index (χ4v) is 4.99. The zero-order chi connectivity index (χ0) is 23.4. The van der Waals surface area contributed by atoms with Gasteiger partial charge in [0.2, 0.25) is 5.91 Å². The van der Waals surface area contributed by atoms with Crippen molar-refractivity contribution in [3.05, 3.63) is 69.3 Å². The number of benzene rings is 2. The number of nitrogens with one attached hydrogen (secondary N) is 3. The predicted octanol–water partition coefficient (Wildman–Crippen LogP) is 5.22. The van der Waals surface area contributed by atoms with Crippen molar-refractivity contribution >= 4 is 51.0 Å². The Morgan fingerprint density at radius 3 is 2.97 bits per heavy atom. The molecule has 3 aromatic rings. The first kappa shape index (κ1) is 21.2. The molecule has 3 N–H and O–H groups in total. The van der Waals surface area contributed by atoms with E-state index >= 15 is 0 Å². The first-order valence-electron chi connectivity index (χ1n) is 10.7. The standard InChI is InChI=1S/C24H18BrClN4O4/c25-11-1-4-15(26)16(9-11)28-24(32)30-21-20-14-10-12(2-5-17(14)34-22(20)21)33-18-7-8-27-23-13(18)3-6-19(31)29-23/h1-2,4-5,7-10,20-22H,3,6H2,(H,27,29,31)(H2,28,30,32)/t20-,21?,22-/m0/s1. The van der Waals surface area contributed by atoms with Crippen LogP contribution in [0.5, 0.6) is 17.2 Å². The van der Waals surface area contributed by atoms with Crippen LogP contribution in [0.15, 0.2) is 53.1 Å². The Labute approximate surface area is 208 Å². The lowest BCUT2D eigenvalue weighted by atomic mass is 10.1. The lowest BCUT2D eigenvalue weighted by Gasteiger charge is -2.19. The number of pyridine rings is 1. The van der Waals surface area contributed by atoms with Gasteiger partial charge in [-0.25, -0.2) is 9.78 Å². The molecule has 172 valence electrons. The molecule has 3 amide bonds. The second kappa shape index (κ2) is 8.18. The highest BCUT2D eigenvalue weighted by Gasteiger charge is 2.59. The summed E-state index contributed by atoms with van der Waals surface area (Å²) in [4.78, 5) is 28.4. The van der Waals surface area contributed by atoms with E-state index in [1.807, 2.05) is 18.2 Å². The van der Waals surface area contributed by atoms with Crippen molar-refractivity contribution < 1.29 is 19.1 Å². The molecular formula is C24H18BrClN4O4. The highest BCUT2D eigenvalue weighted by molar-refractivity contribution is 9.10. The number of anilines is 2. The van der Waals surface area contributed by atoms with Gasteiger partial charge >= 0.3 is 6.03 Å². The summed E-state index contributed by atoms with van der Waals surface area (Å²) in [5.41, 5.74) is 2.39. The highest BCUT2D eigenvalue weighted by atomic mass is 79.9. The van der Waals surface area contributed by atoms with Crippen LogP contribution >= 0.6 is 27.5 Å². The number of nitrogens with zero attached hydrogens (tertiary/aromatic N) is 1. The van der Waals surface area contributed by atoms with Crippen LogP contribution < -0.4 is 25.4 Å². The van der Waals surface area contributed by atoms with Crippen LogP contribution in [-0.2, 0) is 11.2 Å². The Kier molecular flexibility index (Phi) is 5.11. The number of carbonyl (C=O) groups is 2. The third kappa shape index (κ3) is 3.84. The number of aromatic nitrogens is 1. The highest BCUT2D eigenvalue weighted by Crippen LogP contribution is 2.54. The summed E-state index contributed by atoms with van der Waals surface area (Å²) in [7, 11) is 0. The van der Waals surface area contributed by atoms with Crippen LogP contribution in [0.25, 0.3) is 0 Å². The molecule has 1 aromatic heterocycles. The summed E-state index contributed by atoms with van der Waals surface area (Å²) in [5.74, 6) is 2.66. The van der Waals surface area contributed by atoms with Crippen molar-refractivity contribution in [1.82, 2.24) is 10.3 Å². The third-order valence-corrected chi connectivity index (χ3v) is 6.96. The molecule has 1 fully saturated rings. The lowest BCUT2D eigenvalue weighted by molar-refractivity contribution is -0.116. The Hall–Kier alpha value is -3.30. The molecular weight excluding hydrogens is 524 g/mol. The van der Waals surface area contributed by atoms with Crippen LogP contribution in [0.3, 0.4) is 0 Å².